The van der Waals surface area contributed by atoms with Crippen LogP contribution in [0.2, 0.25) is 5.02 Å². The Morgan fingerprint density at radius 1 is 1.40 bits per heavy atom. The van der Waals surface area contributed by atoms with Crippen molar-refractivity contribution < 1.29 is 9.21 Å². The zero-order chi connectivity index (χ0) is 14.1. The molecule has 20 heavy (non-hydrogen) atoms. The minimum absolute atomic E-state index is 0.0573. The van der Waals surface area contributed by atoms with Crippen molar-refractivity contribution in [1.29, 1.82) is 0 Å². The fourth-order valence-electron chi connectivity index (χ4n) is 2.22. The maximum Gasteiger partial charge on any atom is 0.254 e. The molecule has 4 nitrogen and oxygen atoms in total. The van der Waals surface area contributed by atoms with Crippen LogP contribution in [0.5, 0.6) is 0 Å². The van der Waals surface area contributed by atoms with Crippen molar-refractivity contribution in [2.75, 3.05) is 5.73 Å². The molecule has 0 bridgehead atoms. The lowest BCUT2D eigenvalue weighted by Crippen LogP contribution is -2.32. The normalized spacial score (nSPS) is 14.2. The molecule has 1 heterocycles. The standard InChI is InChI=1S/C15H15ClN2O2/c16-11-6-10(7-12(17)8-11)15(19)18(13-3-4-13)9-14-2-1-5-20-14/h1-2,5-8,13H,3-4,9,17H2. The number of halogens is 1. The van der Waals surface area contributed by atoms with E-state index in [1.807, 2.05) is 17.0 Å². The molecule has 1 saturated carbocycles. The summed E-state index contributed by atoms with van der Waals surface area (Å²) in [6, 6.07) is 8.92. The Morgan fingerprint density at radius 2 is 2.20 bits per heavy atom. The van der Waals surface area contributed by atoms with Gasteiger partial charge < -0.3 is 15.1 Å². The quantitative estimate of drug-likeness (QED) is 0.879. The van der Waals surface area contributed by atoms with E-state index in [2.05, 4.69) is 0 Å². The molecule has 5 heteroatoms. The molecule has 1 aliphatic carbocycles. The average Bonchev–Trinajstić information content (AvgIpc) is 3.11. The number of nitrogen functional groups attached to an aromatic ring is 1. The molecule has 104 valence electrons. The molecule has 2 aromatic rings. The van der Waals surface area contributed by atoms with Gasteiger partial charge in [0, 0.05) is 22.3 Å². The second-order valence-corrected chi connectivity index (χ2v) is 5.45. The van der Waals surface area contributed by atoms with Crippen molar-refractivity contribution >= 4 is 23.2 Å². The number of nitrogens with zero attached hydrogens (tertiary/aromatic N) is 1. The Balaban J connectivity index is 1.85. The van der Waals surface area contributed by atoms with Gasteiger partial charge in [0.25, 0.3) is 5.91 Å². The predicted molar refractivity (Wildman–Crippen MR) is 77.5 cm³/mol. The second-order valence-electron chi connectivity index (χ2n) is 5.02. The molecule has 0 aliphatic heterocycles. The van der Waals surface area contributed by atoms with E-state index < -0.39 is 0 Å². The van der Waals surface area contributed by atoms with Gasteiger partial charge >= 0.3 is 0 Å². The Labute approximate surface area is 122 Å². The second kappa shape index (κ2) is 5.21. The highest BCUT2D eigenvalue weighted by Gasteiger charge is 2.33. The Hall–Kier alpha value is -1.94. The number of nitrogens with two attached hydrogens (primary N) is 1. The van der Waals surface area contributed by atoms with E-state index in [0.717, 1.165) is 18.6 Å². The number of anilines is 1. The van der Waals surface area contributed by atoms with Crippen LogP contribution in [0.3, 0.4) is 0 Å². The Kier molecular flexibility index (Phi) is 3.40. The molecule has 3 rings (SSSR count). The van der Waals surface area contributed by atoms with Crippen LogP contribution in [-0.2, 0) is 6.54 Å². The van der Waals surface area contributed by atoms with Crippen molar-refractivity contribution in [2.45, 2.75) is 25.4 Å². The molecule has 1 amide bonds. The molecule has 0 unspecified atom stereocenters. The van der Waals surface area contributed by atoms with Crippen LogP contribution in [0, 0.1) is 0 Å². The van der Waals surface area contributed by atoms with Gasteiger partial charge in [0.05, 0.1) is 12.8 Å². The molecule has 1 aromatic carbocycles. The minimum atomic E-state index is -0.0573. The zero-order valence-electron chi connectivity index (χ0n) is 10.9. The van der Waals surface area contributed by atoms with Gasteiger partial charge in [-0.05, 0) is 43.2 Å². The largest absolute Gasteiger partial charge is 0.467 e. The third kappa shape index (κ3) is 2.80. The highest BCUT2D eigenvalue weighted by molar-refractivity contribution is 6.31. The summed E-state index contributed by atoms with van der Waals surface area (Å²) in [5.41, 5.74) is 6.77. The molecule has 2 N–H and O–H groups in total. The molecule has 1 aromatic heterocycles. The first-order valence-electron chi connectivity index (χ1n) is 6.53. The maximum atomic E-state index is 12.6. The molecule has 1 aliphatic rings. The molecular weight excluding hydrogens is 276 g/mol. The minimum Gasteiger partial charge on any atom is -0.467 e. The summed E-state index contributed by atoms with van der Waals surface area (Å²) in [7, 11) is 0. The van der Waals surface area contributed by atoms with Crippen molar-refractivity contribution in [3.8, 4) is 0 Å². The van der Waals surface area contributed by atoms with Crippen molar-refractivity contribution in [3.63, 3.8) is 0 Å². The zero-order valence-corrected chi connectivity index (χ0v) is 11.6. The van der Waals surface area contributed by atoms with Crippen LogP contribution in [0.4, 0.5) is 5.69 Å². The number of amides is 1. The van der Waals surface area contributed by atoms with Gasteiger partial charge in [-0.3, -0.25) is 4.79 Å². The van der Waals surface area contributed by atoms with E-state index in [0.29, 0.717) is 22.8 Å². The fraction of sp³-hybridized carbons (Fsp3) is 0.267. The first kappa shape index (κ1) is 13.1. The van der Waals surface area contributed by atoms with Gasteiger partial charge in [-0.15, -0.1) is 0 Å². The Bertz CT molecular complexity index is 601. The average molecular weight is 291 g/mol. The maximum absolute atomic E-state index is 12.6. The van der Waals surface area contributed by atoms with Crippen molar-refractivity contribution in [1.82, 2.24) is 4.90 Å². The number of furan rings is 1. The molecular formula is C15H15ClN2O2. The summed E-state index contributed by atoms with van der Waals surface area (Å²) in [5.74, 6) is 0.721. The van der Waals surface area contributed by atoms with Crippen LogP contribution in [-0.4, -0.2) is 16.8 Å². The van der Waals surface area contributed by atoms with Crippen molar-refractivity contribution in [2.24, 2.45) is 0 Å². The van der Waals surface area contributed by atoms with Crippen LogP contribution >= 0.6 is 11.6 Å². The van der Waals surface area contributed by atoms with Gasteiger partial charge in [-0.25, -0.2) is 0 Å². The van der Waals surface area contributed by atoms with Crippen molar-refractivity contribution in [3.05, 3.63) is 52.9 Å². The smallest absolute Gasteiger partial charge is 0.254 e. The number of hydrogen-bond acceptors (Lipinski definition) is 3. The van der Waals surface area contributed by atoms with E-state index in [4.69, 9.17) is 21.8 Å². The SMILES string of the molecule is Nc1cc(Cl)cc(C(=O)N(Cc2ccco2)C2CC2)c1. The van der Waals surface area contributed by atoms with Gasteiger partial charge in [-0.1, -0.05) is 11.6 Å². The molecule has 0 spiro atoms. The fourth-order valence-corrected chi connectivity index (χ4v) is 2.47. The van der Waals surface area contributed by atoms with E-state index >= 15 is 0 Å². The number of benzene rings is 1. The lowest BCUT2D eigenvalue weighted by Gasteiger charge is -2.21. The monoisotopic (exact) mass is 290 g/mol. The van der Waals surface area contributed by atoms with Crippen LogP contribution in [0.25, 0.3) is 0 Å². The lowest BCUT2D eigenvalue weighted by atomic mass is 10.1. The van der Waals surface area contributed by atoms with E-state index in [-0.39, 0.29) is 11.9 Å². The van der Waals surface area contributed by atoms with E-state index in [1.54, 1.807) is 24.5 Å². The summed E-state index contributed by atoms with van der Waals surface area (Å²) in [5, 5.41) is 0.474. The van der Waals surface area contributed by atoms with E-state index in [1.165, 1.54) is 0 Å². The van der Waals surface area contributed by atoms with Gasteiger partial charge in [0.2, 0.25) is 0 Å². The molecule has 0 saturated heterocycles. The lowest BCUT2D eigenvalue weighted by molar-refractivity contribution is 0.0717. The van der Waals surface area contributed by atoms with E-state index in [9.17, 15) is 4.79 Å². The van der Waals surface area contributed by atoms with Crippen LogP contribution in [0.1, 0.15) is 29.0 Å². The molecule has 1 fully saturated rings. The summed E-state index contributed by atoms with van der Waals surface area (Å²) in [6.45, 7) is 0.475. The van der Waals surface area contributed by atoms with Gasteiger partial charge in [0.15, 0.2) is 0 Å². The Morgan fingerprint density at radius 3 is 2.80 bits per heavy atom. The first-order chi connectivity index (χ1) is 9.63. The summed E-state index contributed by atoms with van der Waals surface area (Å²) in [6.07, 6.45) is 3.67. The predicted octanol–water partition coefficient (Wildman–Crippen LogP) is 3.32. The summed E-state index contributed by atoms with van der Waals surface area (Å²) in [4.78, 5) is 14.5. The first-order valence-corrected chi connectivity index (χ1v) is 6.91. The topological polar surface area (TPSA) is 59.5 Å². The van der Waals surface area contributed by atoms with Gasteiger partial charge in [-0.2, -0.15) is 0 Å². The highest BCUT2D eigenvalue weighted by atomic mass is 35.5. The number of rotatable bonds is 4. The van der Waals surface area contributed by atoms with Crippen LogP contribution < -0.4 is 5.73 Å². The molecule has 0 radical (unpaired) electrons. The number of carbonyl (C=O) groups is 1. The third-order valence-electron chi connectivity index (χ3n) is 3.32. The number of carbonyl (C=O) groups excluding carboxylic acids is 1. The van der Waals surface area contributed by atoms with Crippen LogP contribution in [0.15, 0.2) is 41.0 Å². The molecule has 0 atom stereocenters. The van der Waals surface area contributed by atoms with Gasteiger partial charge in [0.1, 0.15) is 5.76 Å². The summed E-state index contributed by atoms with van der Waals surface area (Å²) < 4.78 is 5.33. The summed E-state index contributed by atoms with van der Waals surface area (Å²) >= 11 is 5.97. The number of hydrogen-bond donors (Lipinski definition) is 1. The third-order valence-corrected chi connectivity index (χ3v) is 3.54. The highest BCUT2D eigenvalue weighted by Crippen LogP contribution is 2.30.